The van der Waals surface area contributed by atoms with Crippen LogP contribution in [0.15, 0.2) is 29.6 Å². The number of imidazole rings is 1. The maximum absolute atomic E-state index is 13.6. The van der Waals surface area contributed by atoms with Crippen LogP contribution in [0.3, 0.4) is 0 Å². The van der Waals surface area contributed by atoms with Crippen molar-refractivity contribution < 1.29 is 0 Å². The standard InChI is InChI=1S/C24H28N8O/c1-14-4-19-26-13-27-31(19)11-17(14)28-21-25-10-18-20(29-21)32(22(33)30(18)3)24-8-15-5-16(9-24)7-23(2,6-15)12-24/h4,10-11,13,15-16H,5-9,12H2,1-3H3,(H,25,28,29). The maximum atomic E-state index is 13.6. The zero-order chi connectivity index (χ0) is 22.5. The Morgan fingerprint density at radius 3 is 2.70 bits per heavy atom. The Morgan fingerprint density at radius 1 is 1.15 bits per heavy atom. The molecule has 2 unspecified atom stereocenters. The van der Waals surface area contributed by atoms with Gasteiger partial charge in [-0.3, -0.25) is 9.13 Å². The highest BCUT2D eigenvalue weighted by molar-refractivity contribution is 5.73. The highest BCUT2D eigenvalue weighted by Crippen LogP contribution is 2.64. The summed E-state index contributed by atoms with van der Waals surface area (Å²) in [6.45, 7) is 4.45. The summed E-state index contributed by atoms with van der Waals surface area (Å²) < 4.78 is 5.48. The molecule has 4 aliphatic carbocycles. The fourth-order valence-electron chi connectivity index (χ4n) is 7.74. The summed E-state index contributed by atoms with van der Waals surface area (Å²) in [4.78, 5) is 27.3. The molecule has 1 N–H and O–H groups in total. The molecular weight excluding hydrogens is 416 g/mol. The summed E-state index contributed by atoms with van der Waals surface area (Å²) in [7, 11) is 1.84. The van der Waals surface area contributed by atoms with Crippen molar-refractivity contribution in [1.82, 2.24) is 33.7 Å². The van der Waals surface area contributed by atoms with Gasteiger partial charge < -0.3 is 5.32 Å². The SMILES string of the molecule is Cc1cc2ncnn2cc1Nc1ncc2c(n1)n(C13CC4CC(CC(C)(C4)C1)C3)c(=O)n2C. The van der Waals surface area contributed by atoms with Gasteiger partial charge in [0.05, 0.1) is 23.6 Å². The molecule has 4 heterocycles. The van der Waals surface area contributed by atoms with Gasteiger partial charge in [-0.1, -0.05) is 6.92 Å². The number of anilines is 2. The predicted octanol–water partition coefficient (Wildman–Crippen LogP) is 3.54. The molecule has 0 radical (unpaired) electrons. The van der Waals surface area contributed by atoms with E-state index in [0.717, 1.165) is 59.2 Å². The molecule has 2 atom stereocenters. The summed E-state index contributed by atoms with van der Waals surface area (Å²) in [5.74, 6) is 1.92. The Balaban J connectivity index is 1.36. The van der Waals surface area contributed by atoms with Crippen molar-refractivity contribution >= 4 is 28.4 Å². The van der Waals surface area contributed by atoms with Gasteiger partial charge in [0.1, 0.15) is 11.8 Å². The zero-order valence-electron chi connectivity index (χ0n) is 19.2. The summed E-state index contributed by atoms with van der Waals surface area (Å²) in [6, 6.07) is 1.97. The van der Waals surface area contributed by atoms with Crippen LogP contribution in [0.1, 0.15) is 51.0 Å². The van der Waals surface area contributed by atoms with Crippen molar-refractivity contribution in [3.63, 3.8) is 0 Å². The van der Waals surface area contributed by atoms with Crippen molar-refractivity contribution in [2.75, 3.05) is 5.32 Å². The molecule has 33 heavy (non-hydrogen) atoms. The topological polar surface area (TPSA) is 94.9 Å². The molecule has 8 rings (SSSR count). The minimum atomic E-state index is -0.128. The average Bonchev–Trinajstić information content (AvgIpc) is 3.28. The molecule has 0 spiro atoms. The quantitative estimate of drug-likeness (QED) is 0.519. The van der Waals surface area contributed by atoms with Crippen LogP contribution in [0.25, 0.3) is 16.8 Å². The Labute approximate surface area is 190 Å². The Morgan fingerprint density at radius 2 is 1.94 bits per heavy atom. The van der Waals surface area contributed by atoms with E-state index in [4.69, 9.17) is 4.98 Å². The maximum Gasteiger partial charge on any atom is 0.330 e. The van der Waals surface area contributed by atoms with Gasteiger partial charge in [0.15, 0.2) is 11.3 Å². The second-order valence-corrected chi connectivity index (χ2v) is 11.1. The summed E-state index contributed by atoms with van der Waals surface area (Å²) in [5.41, 5.74) is 4.45. The number of hydrogen-bond acceptors (Lipinski definition) is 6. The van der Waals surface area contributed by atoms with Crippen LogP contribution in [0, 0.1) is 24.2 Å². The van der Waals surface area contributed by atoms with E-state index < -0.39 is 0 Å². The lowest BCUT2D eigenvalue weighted by Gasteiger charge is -2.61. The summed E-state index contributed by atoms with van der Waals surface area (Å²) in [6.07, 6.45) is 12.4. The smallest absolute Gasteiger partial charge is 0.323 e. The van der Waals surface area contributed by atoms with E-state index >= 15 is 0 Å². The van der Waals surface area contributed by atoms with Gasteiger partial charge >= 0.3 is 5.69 Å². The first kappa shape index (κ1) is 19.3. The number of fused-ring (bicyclic) bond motifs is 2. The van der Waals surface area contributed by atoms with Crippen molar-refractivity contribution in [3.05, 3.63) is 40.8 Å². The first-order chi connectivity index (χ1) is 15.8. The number of nitrogens with one attached hydrogen (secondary N) is 1. The molecule has 4 saturated carbocycles. The average molecular weight is 445 g/mol. The molecule has 0 aliphatic heterocycles. The first-order valence-corrected chi connectivity index (χ1v) is 11.8. The van der Waals surface area contributed by atoms with Gasteiger partial charge in [0.2, 0.25) is 5.95 Å². The minimum absolute atomic E-state index is 0.0298. The van der Waals surface area contributed by atoms with Crippen molar-refractivity contribution in [2.45, 2.75) is 57.9 Å². The highest BCUT2D eigenvalue weighted by Gasteiger charge is 2.57. The van der Waals surface area contributed by atoms with E-state index in [1.165, 1.54) is 25.6 Å². The van der Waals surface area contributed by atoms with Gasteiger partial charge in [0.25, 0.3) is 0 Å². The third-order valence-corrected chi connectivity index (χ3v) is 8.47. The van der Waals surface area contributed by atoms with Crippen LogP contribution in [0.5, 0.6) is 0 Å². The molecule has 0 aromatic carbocycles. The first-order valence-electron chi connectivity index (χ1n) is 11.8. The molecule has 4 bridgehead atoms. The number of nitrogens with zero attached hydrogens (tertiary/aromatic N) is 7. The summed E-state index contributed by atoms with van der Waals surface area (Å²) >= 11 is 0. The molecule has 9 heteroatoms. The van der Waals surface area contributed by atoms with E-state index in [9.17, 15) is 4.79 Å². The largest absolute Gasteiger partial charge is 0.330 e. The van der Waals surface area contributed by atoms with Crippen molar-refractivity contribution in [1.29, 1.82) is 0 Å². The van der Waals surface area contributed by atoms with Crippen LogP contribution in [0.2, 0.25) is 0 Å². The molecule has 4 fully saturated rings. The Hall–Kier alpha value is -3.23. The highest BCUT2D eigenvalue weighted by atomic mass is 16.2. The molecule has 4 aromatic rings. The van der Waals surface area contributed by atoms with Crippen LogP contribution in [-0.2, 0) is 12.6 Å². The lowest BCUT2D eigenvalue weighted by molar-refractivity contribution is -0.0922. The Bertz CT molecular complexity index is 1480. The van der Waals surface area contributed by atoms with Crippen LogP contribution in [0.4, 0.5) is 11.6 Å². The number of hydrogen-bond donors (Lipinski definition) is 1. The lowest BCUT2D eigenvalue weighted by Crippen LogP contribution is -2.57. The van der Waals surface area contributed by atoms with Crippen LogP contribution >= 0.6 is 0 Å². The number of rotatable bonds is 3. The van der Waals surface area contributed by atoms with Crippen molar-refractivity contribution in [3.8, 4) is 0 Å². The summed E-state index contributed by atoms with van der Waals surface area (Å²) in [5, 5.41) is 7.58. The normalized spacial score (nSPS) is 30.5. The third-order valence-electron chi connectivity index (χ3n) is 8.47. The fraction of sp³-hybridized carbons (Fsp3) is 0.542. The monoisotopic (exact) mass is 444 g/mol. The van der Waals surface area contributed by atoms with Gasteiger partial charge in [-0.05, 0) is 74.3 Å². The Kier molecular flexibility index (Phi) is 3.62. The van der Waals surface area contributed by atoms with E-state index in [-0.39, 0.29) is 11.2 Å². The van der Waals surface area contributed by atoms with Gasteiger partial charge in [-0.15, -0.1) is 0 Å². The van der Waals surface area contributed by atoms with Crippen molar-refractivity contribution in [2.24, 2.45) is 24.3 Å². The van der Waals surface area contributed by atoms with E-state index in [0.29, 0.717) is 11.4 Å². The fourth-order valence-corrected chi connectivity index (χ4v) is 7.74. The number of aryl methyl sites for hydroxylation is 2. The van der Waals surface area contributed by atoms with E-state index in [1.807, 2.05) is 30.8 Å². The molecular formula is C24H28N8O. The second-order valence-electron chi connectivity index (χ2n) is 11.1. The number of aromatic nitrogens is 7. The van der Waals surface area contributed by atoms with E-state index in [1.54, 1.807) is 15.3 Å². The van der Waals surface area contributed by atoms with Gasteiger partial charge in [-0.25, -0.2) is 19.3 Å². The molecule has 170 valence electrons. The van der Waals surface area contributed by atoms with Crippen LogP contribution in [-0.4, -0.2) is 33.7 Å². The number of pyridine rings is 1. The molecule has 4 aliphatic rings. The minimum Gasteiger partial charge on any atom is -0.323 e. The molecule has 0 saturated heterocycles. The predicted molar refractivity (Wildman–Crippen MR) is 125 cm³/mol. The van der Waals surface area contributed by atoms with E-state index in [2.05, 4.69) is 27.3 Å². The second kappa shape index (κ2) is 6.21. The molecule has 0 amide bonds. The van der Waals surface area contributed by atoms with Gasteiger partial charge in [0, 0.05) is 7.05 Å². The molecule has 9 nitrogen and oxygen atoms in total. The van der Waals surface area contributed by atoms with Crippen LogP contribution < -0.4 is 11.0 Å². The molecule has 4 aromatic heterocycles. The lowest BCUT2D eigenvalue weighted by atomic mass is 9.47. The zero-order valence-corrected chi connectivity index (χ0v) is 19.2. The van der Waals surface area contributed by atoms with Gasteiger partial charge in [-0.2, -0.15) is 10.1 Å². The third kappa shape index (κ3) is 2.68.